The third-order valence-electron chi connectivity index (χ3n) is 8.18. The second kappa shape index (κ2) is 15.6. The molecule has 0 bridgehead atoms. The maximum absolute atomic E-state index is 11.1. The normalized spacial score (nSPS) is 52.9. The van der Waals surface area contributed by atoms with Crippen LogP contribution in [0, 0.1) is 0 Å². The van der Waals surface area contributed by atoms with Crippen LogP contribution >= 0.6 is 0 Å². The van der Waals surface area contributed by atoms with Crippen molar-refractivity contribution in [3.8, 4) is 0 Å². The zero-order valence-electron chi connectivity index (χ0n) is 23.5. The fraction of sp³-hybridized carbons (Fsp3) is 1.00. The molecule has 264 valence electrons. The summed E-state index contributed by atoms with van der Waals surface area (Å²) >= 11 is 0. The lowest BCUT2D eigenvalue weighted by Crippen LogP contribution is -2.67. The van der Waals surface area contributed by atoms with E-state index in [1.54, 1.807) is 0 Å². The van der Waals surface area contributed by atoms with Crippen molar-refractivity contribution in [1.82, 2.24) is 0 Å². The van der Waals surface area contributed by atoms with E-state index < -0.39 is 149 Å². The quantitative estimate of drug-likeness (QED) is 0.103. The van der Waals surface area contributed by atoms with Crippen LogP contribution in [0.2, 0.25) is 0 Å². The first-order chi connectivity index (χ1) is 21.2. The second-order valence-corrected chi connectivity index (χ2v) is 11.2. The van der Waals surface area contributed by atoms with Gasteiger partial charge in [0.15, 0.2) is 25.2 Å². The first-order valence-corrected chi connectivity index (χ1v) is 14.1. The summed E-state index contributed by atoms with van der Waals surface area (Å²) in [4.78, 5) is 0. The van der Waals surface area contributed by atoms with Gasteiger partial charge in [0.25, 0.3) is 0 Å². The molecule has 14 N–H and O–H groups in total. The van der Waals surface area contributed by atoms with E-state index in [0.717, 1.165) is 0 Å². The van der Waals surface area contributed by atoms with Crippen LogP contribution in [0.4, 0.5) is 0 Å². The van der Waals surface area contributed by atoms with E-state index in [-0.39, 0.29) is 0 Å². The van der Waals surface area contributed by atoms with Crippen molar-refractivity contribution < 1.29 is 105 Å². The van der Waals surface area contributed by atoms with E-state index in [1.807, 2.05) is 0 Å². The molecule has 0 unspecified atom stereocenters. The summed E-state index contributed by atoms with van der Waals surface area (Å²) in [5.74, 6) is 0. The lowest BCUT2D eigenvalue weighted by Gasteiger charge is -2.48. The molecule has 0 aromatic heterocycles. The topological polar surface area (TPSA) is 348 Å². The van der Waals surface area contributed by atoms with Gasteiger partial charge in [-0.25, -0.2) is 0 Å². The molecule has 4 aliphatic rings. The molecule has 4 rings (SSSR count). The Morgan fingerprint density at radius 1 is 0.378 bits per heavy atom. The Bertz CT molecular complexity index is 912. The Labute approximate surface area is 254 Å². The highest BCUT2D eigenvalue weighted by Gasteiger charge is 2.54. The van der Waals surface area contributed by atoms with Crippen molar-refractivity contribution in [3.05, 3.63) is 0 Å². The van der Waals surface area contributed by atoms with E-state index in [4.69, 9.17) is 33.2 Å². The molecule has 4 heterocycles. The summed E-state index contributed by atoms with van der Waals surface area (Å²) in [5.41, 5.74) is 0. The third kappa shape index (κ3) is 7.59. The van der Waals surface area contributed by atoms with E-state index in [9.17, 15) is 71.5 Å². The first kappa shape index (κ1) is 37.0. The van der Waals surface area contributed by atoms with Gasteiger partial charge in [-0.15, -0.1) is 0 Å². The minimum atomic E-state index is -2.06. The van der Waals surface area contributed by atoms with Gasteiger partial charge >= 0.3 is 0 Å². The minimum absolute atomic E-state index is 0.761. The first-order valence-electron chi connectivity index (χ1n) is 14.1. The van der Waals surface area contributed by atoms with Crippen LogP contribution in [0.5, 0.6) is 0 Å². The van der Waals surface area contributed by atoms with Gasteiger partial charge in [0, 0.05) is 0 Å². The lowest BCUT2D eigenvalue weighted by molar-refractivity contribution is -0.383. The van der Waals surface area contributed by atoms with Gasteiger partial charge in [0.2, 0.25) is 0 Å². The Balaban J connectivity index is 1.56. The van der Waals surface area contributed by atoms with Crippen molar-refractivity contribution >= 4 is 0 Å². The van der Waals surface area contributed by atoms with Crippen molar-refractivity contribution in [2.45, 2.75) is 123 Å². The molecule has 4 fully saturated rings. The molecule has 45 heavy (non-hydrogen) atoms. The van der Waals surface area contributed by atoms with Crippen LogP contribution < -0.4 is 0 Å². The summed E-state index contributed by atoms with van der Waals surface area (Å²) in [6, 6.07) is 0. The van der Waals surface area contributed by atoms with Gasteiger partial charge in [0.1, 0.15) is 97.7 Å². The molecule has 0 aromatic carbocycles. The van der Waals surface area contributed by atoms with E-state index >= 15 is 0 Å². The molecule has 4 aliphatic heterocycles. The van der Waals surface area contributed by atoms with Gasteiger partial charge in [-0.3, -0.25) is 0 Å². The van der Waals surface area contributed by atoms with Crippen molar-refractivity contribution in [2.24, 2.45) is 0 Å². The smallest absolute Gasteiger partial charge is 0.187 e. The summed E-state index contributed by atoms with van der Waals surface area (Å²) in [5, 5.41) is 142. The molecular formula is C24H42O21. The molecule has 4 saturated heterocycles. The van der Waals surface area contributed by atoms with Gasteiger partial charge in [-0.05, 0) is 0 Å². The molecule has 21 heteroatoms. The number of hydrogen-bond acceptors (Lipinski definition) is 21. The number of hydrogen-bond donors (Lipinski definition) is 14. The monoisotopic (exact) mass is 666 g/mol. The second-order valence-electron chi connectivity index (χ2n) is 11.2. The van der Waals surface area contributed by atoms with Crippen LogP contribution in [0.3, 0.4) is 0 Å². The molecule has 0 radical (unpaired) electrons. The standard InChI is InChI=1S/C24H42O21/c25-1-5-9(28)11(30)16(35)22(41-5)39-4-8-20(45-23-17(36)12(31)10(29)6(2-26)42-23)14(33)18(37)24(43-8)44-19-7(3-27)40-21(38)15(34)13(19)32/h5-38H,1-4H2/t5-,6-,7-,8-,9-,10-,11+,12+,13-,14-,15-,16-,17-,18-,19-,20-,21+,22+,23-,24-/m0/s1. The van der Waals surface area contributed by atoms with Crippen molar-refractivity contribution in [3.63, 3.8) is 0 Å². The SMILES string of the molecule is OC[C@@H]1O[C@@H](OC[C@@H]2O[C@@H](O[C@@H]3[C@@H](O)[C@H](O)[C@H](O)O[C@H]3CO)[C@@H](O)[C@H](O)[C@H]2O[C@@H]2O[C@@H](CO)[C@H](O)[C@@H](O)[C@@H]2O)[C@@H](O)[C@H](O)[C@H]1O. The van der Waals surface area contributed by atoms with Crippen LogP contribution in [-0.2, 0) is 33.2 Å². The summed E-state index contributed by atoms with van der Waals surface area (Å²) in [6.45, 7) is -3.21. The Kier molecular flexibility index (Phi) is 12.8. The number of aliphatic hydroxyl groups excluding tert-OH is 14. The van der Waals surface area contributed by atoms with Crippen LogP contribution in [0.25, 0.3) is 0 Å². The Morgan fingerprint density at radius 3 is 1.29 bits per heavy atom. The fourth-order valence-electron chi connectivity index (χ4n) is 5.44. The molecule has 20 atom stereocenters. The van der Waals surface area contributed by atoms with Gasteiger partial charge in [0.05, 0.1) is 26.4 Å². The molecule has 0 saturated carbocycles. The summed E-state index contributed by atoms with van der Waals surface area (Å²) in [7, 11) is 0. The lowest BCUT2D eigenvalue weighted by atomic mass is 9.96. The average molecular weight is 667 g/mol. The van der Waals surface area contributed by atoms with Crippen molar-refractivity contribution in [2.75, 3.05) is 26.4 Å². The predicted molar refractivity (Wildman–Crippen MR) is 134 cm³/mol. The Hall–Kier alpha value is -0.840. The summed E-state index contributed by atoms with van der Waals surface area (Å²) in [6.07, 6.45) is -35.6. The van der Waals surface area contributed by atoms with Gasteiger partial charge in [-0.2, -0.15) is 0 Å². The molecule has 0 aliphatic carbocycles. The number of ether oxygens (including phenoxy) is 7. The minimum Gasteiger partial charge on any atom is -0.394 e. The van der Waals surface area contributed by atoms with E-state index in [0.29, 0.717) is 0 Å². The van der Waals surface area contributed by atoms with Gasteiger partial charge < -0.3 is 105 Å². The molecule has 0 aromatic rings. The third-order valence-corrected chi connectivity index (χ3v) is 8.18. The maximum Gasteiger partial charge on any atom is 0.187 e. The highest BCUT2D eigenvalue weighted by molar-refractivity contribution is 4.97. The van der Waals surface area contributed by atoms with Crippen LogP contribution in [0.1, 0.15) is 0 Å². The van der Waals surface area contributed by atoms with Gasteiger partial charge in [-0.1, -0.05) is 0 Å². The maximum atomic E-state index is 11.1. The largest absolute Gasteiger partial charge is 0.394 e. The van der Waals surface area contributed by atoms with E-state index in [1.165, 1.54) is 0 Å². The molecule has 0 amide bonds. The fourth-order valence-corrected chi connectivity index (χ4v) is 5.44. The highest BCUT2D eigenvalue weighted by Crippen LogP contribution is 2.33. The van der Waals surface area contributed by atoms with E-state index in [2.05, 4.69) is 0 Å². The molecule has 0 spiro atoms. The zero-order valence-corrected chi connectivity index (χ0v) is 23.5. The number of rotatable bonds is 10. The summed E-state index contributed by atoms with van der Waals surface area (Å²) < 4.78 is 38.0. The zero-order chi connectivity index (χ0) is 33.3. The number of aliphatic hydroxyl groups is 14. The highest BCUT2D eigenvalue weighted by atomic mass is 16.8. The molecular weight excluding hydrogens is 624 g/mol. The van der Waals surface area contributed by atoms with Crippen molar-refractivity contribution in [1.29, 1.82) is 0 Å². The predicted octanol–water partition coefficient (Wildman–Crippen LogP) is -9.75. The Morgan fingerprint density at radius 2 is 0.778 bits per heavy atom. The van der Waals surface area contributed by atoms with Crippen LogP contribution in [-0.4, -0.2) is 221 Å². The average Bonchev–Trinajstić information content (AvgIpc) is 3.03. The molecule has 21 nitrogen and oxygen atoms in total. The van der Waals surface area contributed by atoms with Crippen LogP contribution in [0.15, 0.2) is 0 Å².